The van der Waals surface area contributed by atoms with Gasteiger partial charge < -0.3 is 18.9 Å². The molecule has 4 saturated carbocycles. The van der Waals surface area contributed by atoms with Crippen molar-refractivity contribution < 1.29 is 28.5 Å². The van der Waals surface area contributed by atoms with Crippen molar-refractivity contribution in [3.63, 3.8) is 0 Å². The maximum atomic E-state index is 12.5. The first kappa shape index (κ1) is 21.3. The van der Waals surface area contributed by atoms with E-state index in [1.54, 1.807) is 20.8 Å². The Kier molecular flexibility index (Phi) is 6.20. The summed E-state index contributed by atoms with van der Waals surface area (Å²) in [5.74, 6) is 0.196. The molecule has 0 aromatic carbocycles. The maximum Gasteiger partial charge on any atom is 0.337 e. The van der Waals surface area contributed by atoms with E-state index in [9.17, 15) is 9.59 Å². The summed E-state index contributed by atoms with van der Waals surface area (Å²) in [6, 6.07) is 0. The minimum atomic E-state index is -0.683. The molecule has 4 bridgehead atoms. The molecule has 4 aliphatic rings. The van der Waals surface area contributed by atoms with E-state index in [4.69, 9.17) is 18.9 Å². The van der Waals surface area contributed by atoms with E-state index >= 15 is 0 Å². The van der Waals surface area contributed by atoms with Crippen LogP contribution in [0.2, 0.25) is 0 Å². The second-order valence-electron chi connectivity index (χ2n) is 9.13. The Labute approximate surface area is 167 Å². The maximum absolute atomic E-state index is 12.5. The molecule has 4 atom stereocenters. The van der Waals surface area contributed by atoms with Gasteiger partial charge in [-0.25, -0.2) is 9.59 Å². The third kappa shape index (κ3) is 4.60. The van der Waals surface area contributed by atoms with Crippen molar-refractivity contribution in [2.75, 3.05) is 6.61 Å². The number of rotatable bonds is 9. The van der Waals surface area contributed by atoms with Crippen LogP contribution in [-0.4, -0.2) is 42.1 Å². The van der Waals surface area contributed by atoms with Gasteiger partial charge in [0.25, 0.3) is 0 Å². The summed E-state index contributed by atoms with van der Waals surface area (Å²) >= 11 is 0. The number of hydrogen-bond acceptors (Lipinski definition) is 6. The molecule has 0 amide bonds. The van der Waals surface area contributed by atoms with Crippen LogP contribution in [0.1, 0.15) is 72.6 Å². The molecule has 0 aromatic rings. The molecule has 0 spiro atoms. The van der Waals surface area contributed by atoms with Crippen LogP contribution in [-0.2, 0) is 28.5 Å². The highest BCUT2D eigenvalue weighted by atomic mass is 16.7. The predicted molar refractivity (Wildman–Crippen MR) is 103 cm³/mol. The first-order chi connectivity index (χ1) is 13.2. The van der Waals surface area contributed by atoms with E-state index in [0.717, 1.165) is 38.5 Å². The highest BCUT2D eigenvalue weighted by molar-refractivity contribution is 5.87. The van der Waals surface area contributed by atoms with Gasteiger partial charge in [-0.3, -0.25) is 0 Å². The molecule has 158 valence electrons. The van der Waals surface area contributed by atoms with Crippen LogP contribution in [0.4, 0.5) is 0 Å². The molecule has 0 heterocycles. The van der Waals surface area contributed by atoms with Gasteiger partial charge in [-0.1, -0.05) is 13.5 Å². The standard InChI is InChI=1S/C22H34O6/c1-6-7-25-16(5)26-20(24)15(4)27-21-9-17-8-18(10-21)12-22(11-17,13-21)28-19(23)14(2)3/h15-18H,2,6-13H2,1,3-5H3. The smallest absolute Gasteiger partial charge is 0.337 e. The van der Waals surface area contributed by atoms with Crippen molar-refractivity contribution in [3.8, 4) is 0 Å². The molecule has 4 fully saturated rings. The summed E-state index contributed by atoms with van der Waals surface area (Å²) < 4.78 is 23.1. The van der Waals surface area contributed by atoms with Crippen LogP contribution >= 0.6 is 0 Å². The van der Waals surface area contributed by atoms with Gasteiger partial charge in [0.15, 0.2) is 12.4 Å². The zero-order valence-electron chi connectivity index (χ0n) is 17.6. The lowest BCUT2D eigenvalue weighted by Gasteiger charge is -2.61. The lowest BCUT2D eigenvalue weighted by molar-refractivity contribution is -0.248. The molecular weight excluding hydrogens is 360 g/mol. The van der Waals surface area contributed by atoms with Gasteiger partial charge in [0, 0.05) is 12.0 Å². The van der Waals surface area contributed by atoms with Gasteiger partial charge in [-0.15, -0.1) is 0 Å². The highest BCUT2D eigenvalue weighted by Crippen LogP contribution is 2.60. The third-order valence-corrected chi connectivity index (χ3v) is 6.21. The van der Waals surface area contributed by atoms with Crippen molar-refractivity contribution in [2.24, 2.45) is 11.8 Å². The van der Waals surface area contributed by atoms with Gasteiger partial charge in [0.2, 0.25) is 0 Å². The van der Waals surface area contributed by atoms with Crippen molar-refractivity contribution in [1.29, 1.82) is 0 Å². The molecule has 28 heavy (non-hydrogen) atoms. The van der Waals surface area contributed by atoms with E-state index < -0.39 is 29.6 Å². The number of carbonyl (C=O) groups is 2. The quantitative estimate of drug-likeness (QED) is 0.335. The summed E-state index contributed by atoms with van der Waals surface area (Å²) in [4.78, 5) is 24.7. The van der Waals surface area contributed by atoms with Crippen molar-refractivity contribution in [1.82, 2.24) is 0 Å². The van der Waals surface area contributed by atoms with E-state index in [-0.39, 0.29) is 5.97 Å². The van der Waals surface area contributed by atoms with Crippen molar-refractivity contribution in [3.05, 3.63) is 12.2 Å². The predicted octanol–water partition coefficient (Wildman–Crippen LogP) is 3.92. The van der Waals surface area contributed by atoms with Gasteiger partial charge in [-0.05, 0) is 71.1 Å². The van der Waals surface area contributed by atoms with Crippen LogP contribution < -0.4 is 0 Å². The summed E-state index contributed by atoms with van der Waals surface area (Å²) in [6.45, 7) is 11.4. The molecule has 4 aliphatic carbocycles. The second kappa shape index (κ2) is 8.15. The average molecular weight is 395 g/mol. The normalized spacial score (nSPS) is 35.3. The van der Waals surface area contributed by atoms with Gasteiger partial charge in [-0.2, -0.15) is 0 Å². The van der Waals surface area contributed by atoms with Crippen LogP contribution in [0.3, 0.4) is 0 Å². The molecule has 4 rings (SSSR count). The van der Waals surface area contributed by atoms with E-state index in [1.165, 1.54) is 0 Å². The summed E-state index contributed by atoms with van der Waals surface area (Å²) in [6.07, 6.45) is 4.98. The Bertz CT molecular complexity index is 613. The molecular formula is C22H34O6. The van der Waals surface area contributed by atoms with Crippen LogP contribution in [0.25, 0.3) is 0 Å². The Morgan fingerprint density at radius 1 is 1.11 bits per heavy atom. The Balaban J connectivity index is 1.65. The largest absolute Gasteiger partial charge is 0.456 e. The zero-order chi connectivity index (χ0) is 20.5. The number of hydrogen-bond donors (Lipinski definition) is 0. The van der Waals surface area contributed by atoms with E-state index in [1.807, 2.05) is 6.92 Å². The second-order valence-corrected chi connectivity index (χ2v) is 9.13. The fourth-order valence-corrected chi connectivity index (χ4v) is 5.64. The number of carbonyl (C=O) groups excluding carboxylic acids is 2. The topological polar surface area (TPSA) is 71.1 Å². The SMILES string of the molecule is C=C(C)C(=O)OC12CC3CC(C1)CC(OC(C)C(=O)OC(C)OCCC)(C3)C2. The van der Waals surface area contributed by atoms with Crippen molar-refractivity contribution >= 4 is 11.9 Å². The molecule has 0 aromatic heterocycles. The van der Waals surface area contributed by atoms with Crippen LogP contribution in [0.15, 0.2) is 12.2 Å². The lowest BCUT2D eigenvalue weighted by atomic mass is 9.52. The molecule has 4 unspecified atom stereocenters. The fraction of sp³-hybridized carbons (Fsp3) is 0.818. The molecule has 0 radical (unpaired) electrons. The van der Waals surface area contributed by atoms with Crippen molar-refractivity contribution in [2.45, 2.75) is 96.2 Å². The Hall–Kier alpha value is -1.40. The van der Waals surface area contributed by atoms with Gasteiger partial charge >= 0.3 is 11.9 Å². The van der Waals surface area contributed by atoms with Gasteiger partial charge in [0.05, 0.1) is 12.2 Å². The molecule has 0 N–H and O–H groups in total. The minimum Gasteiger partial charge on any atom is -0.456 e. The summed E-state index contributed by atoms with van der Waals surface area (Å²) in [5, 5.41) is 0. The first-order valence-corrected chi connectivity index (χ1v) is 10.5. The molecule has 6 heteroatoms. The molecule has 0 saturated heterocycles. The fourth-order valence-electron chi connectivity index (χ4n) is 5.64. The monoisotopic (exact) mass is 394 g/mol. The lowest BCUT2D eigenvalue weighted by Crippen LogP contribution is -2.62. The zero-order valence-corrected chi connectivity index (χ0v) is 17.6. The highest BCUT2D eigenvalue weighted by Gasteiger charge is 2.61. The minimum absolute atomic E-state index is 0.327. The third-order valence-electron chi connectivity index (χ3n) is 6.21. The van der Waals surface area contributed by atoms with Gasteiger partial charge in [0.1, 0.15) is 5.60 Å². The van der Waals surface area contributed by atoms with E-state index in [2.05, 4.69) is 6.58 Å². The molecule has 6 nitrogen and oxygen atoms in total. The molecule has 0 aliphatic heterocycles. The number of esters is 2. The van der Waals surface area contributed by atoms with Crippen LogP contribution in [0, 0.1) is 11.8 Å². The number of ether oxygens (including phenoxy) is 4. The summed E-state index contributed by atoms with van der Waals surface area (Å²) in [7, 11) is 0. The average Bonchev–Trinajstić information content (AvgIpc) is 2.57. The Morgan fingerprint density at radius 2 is 1.71 bits per heavy atom. The first-order valence-electron chi connectivity index (χ1n) is 10.5. The Morgan fingerprint density at radius 3 is 2.29 bits per heavy atom. The van der Waals surface area contributed by atoms with E-state index in [0.29, 0.717) is 30.4 Å². The summed E-state index contributed by atoms with van der Waals surface area (Å²) in [5.41, 5.74) is -0.490. The van der Waals surface area contributed by atoms with Crippen LogP contribution in [0.5, 0.6) is 0 Å².